The molecule has 1 heterocycles. The van der Waals surface area contributed by atoms with Gasteiger partial charge in [-0.25, -0.2) is 10.4 Å². The first-order chi connectivity index (χ1) is 8.77. The van der Waals surface area contributed by atoms with Crippen LogP contribution in [0.2, 0.25) is 0 Å². The fraction of sp³-hybridized carbons (Fsp3) is 0. The molecular weight excluding hydrogens is 228 g/mol. The minimum absolute atomic E-state index is 0.222. The molecule has 90 valence electrons. The number of hydrazone groups is 1. The topological polar surface area (TPSA) is 81.6 Å². The number of nitrogens with one attached hydrogen (secondary N) is 2. The second-order valence-electron chi connectivity index (χ2n) is 3.58. The SMILES string of the molecule is NC(=NNC(=O)c1ccccc1)c1cccc[nH+]1. The molecule has 1 aromatic heterocycles. The fourth-order valence-electron chi connectivity index (χ4n) is 1.38. The molecule has 0 aliphatic heterocycles. The maximum absolute atomic E-state index is 11.7. The van der Waals surface area contributed by atoms with E-state index in [-0.39, 0.29) is 11.7 Å². The number of aromatic amines is 1. The van der Waals surface area contributed by atoms with Gasteiger partial charge in [0.1, 0.15) is 0 Å². The van der Waals surface area contributed by atoms with Crippen molar-refractivity contribution in [3.8, 4) is 0 Å². The largest absolute Gasteiger partial charge is 0.377 e. The number of nitrogens with zero attached hydrogens (tertiary/aromatic N) is 1. The molecule has 2 aromatic rings. The lowest BCUT2D eigenvalue weighted by Gasteiger charge is -1.99. The lowest BCUT2D eigenvalue weighted by molar-refractivity contribution is -0.380. The summed E-state index contributed by atoms with van der Waals surface area (Å²) in [7, 11) is 0. The zero-order chi connectivity index (χ0) is 12.8. The number of carbonyl (C=O) groups excluding carboxylic acids is 1. The van der Waals surface area contributed by atoms with Crippen molar-refractivity contribution in [3.63, 3.8) is 0 Å². The Balaban J connectivity index is 2.05. The zero-order valence-corrected chi connectivity index (χ0v) is 9.63. The average Bonchev–Trinajstić information content (AvgIpc) is 2.46. The van der Waals surface area contributed by atoms with Gasteiger partial charge < -0.3 is 5.73 Å². The molecule has 5 heteroatoms. The number of benzene rings is 1. The lowest BCUT2D eigenvalue weighted by Crippen LogP contribution is -2.28. The summed E-state index contributed by atoms with van der Waals surface area (Å²) in [5, 5.41) is 3.83. The Hall–Kier alpha value is -2.69. The summed E-state index contributed by atoms with van der Waals surface area (Å²) in [6.45, 7) is 0. The predicted octanol–water partition coefficient (Wildman–Crippen LogP) is 0.551. The molecule has 5 nitrogen and oxygen atoms in total. The standard InChI is InChI=1S/C13H12N4O/c14-12(11-8-4-5-9-15-11)16-17-13(18)10-6-2-1-3-7-10/h1-9H,(H2,14,16)(H,17,18)/p+1. The highest BCUT2D eigenvalue weighted by Gasteiger charge is 2.07. The zero-order valence-electron chi connectivity index (χ0n) is 9.63. The second kappa shape index (κ2) is 5.58. The number of amidine groups is 1. The molecule has 0 aliphatic carbocycles. The van der Waals surface area contributed by atoms with Gasteiger partial charge in [0.05, 0.1) is 0 Å². The summed E-state index contributed by atoms with van der Waals surface area (Å²) >= 11 is 0. The van der Waals surface area contributed by atoms with Crippen molar-refractivity contribution in [2.24, 2.45) is 10.8 Å². The van der Waals surface area contributed by atoms with Gasteiger partial charge in [-0.3, -0.25) is 4.79 Å². The highest BCUT2D eigenvalue weighted by atomic mass is 16.2. The summed E-state index contributed by atoms with van der Waals surface area (Å²) < 4.78 is 0. The fourth-order valence-corrected chi connectivity index (χ4v) is 1.38. The van der Waals surface area contributed by atoms with Gasteiger partial charge in [0.15, 0.2) is 6.20 Å². The summed E-state index contributed by atoms with van der Waals surface area (Å²) in [5.74, 6) is -0.0747. The maximum Gasteiger partial charge on any atom is 0.271 e. The van der Waals surface area contributed by atoms with Crippen molar-refractivity contribution in [1.82, 2.24) is 5.43 Å². The van der Waals surface area contributed by atoms with Gasteiger partial charge in [-0.1, -0.05) is 18.2 Å². The van der Waals surface area contributed by atoms with Crippen LogP contribution in [0.3, 0.4) is 0 Å². The molecule has 18 heavy (non-hydrogen) atoms. The summed E-state index contributed by atoms with van der Waals surface area (Å²) in [4.78, 5) is 14.6. The molecule has 0 radical (unpaired) electrons. The van der Waals surface area contributed by atoms with Crippen LogP contribution in [0.25, 0.3) is 0 Å². The van der Waals surface area contributed by atoms with E-state index in [4.69, 9.17) is 5.73 Å². The number of amides is 1. The number of aromatic nitrogens is 1. The minimum Gasteiger partial charge on any atom is -0.377 e. The first-order valence-corrected chi connectivity index (χ1v) is 5.43. The van der Waals surface area contributed by atoms with Gasteiger partial charge in [-0.2, -0.15) is 0 Å². The number of H-pyrrole nitrogens is 1. The van der Waals surface area contributed by atoms with Crippen molar-refractivity contribution in [2.45, 2.75) is 0 Å². The van der Waals surface area contributed by atoms with E-state index in [0.29, 0.717) is 11.3 Å². The molecule has 0 fully saturated rings. The van der Waals surface area contributed by atoms with E-state index >= 15 is 0 Å². The first-order valence-electron chi connectivity index (χ1n) is 5.43. The van der Waals surface area contributed by atoms with E-state index < -0.39 is 0 Å². The van der Waals surface area contributed by atoms with Gasteiger partial charge in [0.25, 0.3) is 5.91 Å². The van der Waals surface area contributed by atoms with Gasteiger partial charge in [0.2, 0.25) is 11.5 Å². The van der Waals surface area contributed by atoms with Crippen molar-refractivity contribution >= 4 is 11.7 Å². The highest BCUT2D eigenvalue weighted by molar-refractivity contribution is 5.98. The molecule has 0 aliphatic rings. The van der Waals surface area contributed by atoms with E-state index in [0.717, 1.165) is 0 Å². The summed E-state index contributed by atoms with van der Waals surface area (Å²) in [6, 6.07) is 14.2. The van der Waals surface area contributed by atoms with Crippen molar-refractivity contribution < 1.29 is 9.78 Å². The first kappa shape index (κ1) is 11.8. The Morgan fingerprint density at radius 3 is 2.50 bits per heavy atom. The van der Waals surface area contributed by atoms with E-state index in [1.807, 2.05) is 18.2 Å². The predicted molar refractivity (Wildman–Crippen MR) is 67.6 cm³/mol. The van der Waals surface area contributed by atoms with E-state index in [1.54, 1.807) is 36.5 Å². The monoisotopic (exact) mass is 241 g/mol. The number of hydrogen-bond donors (Lipinski definition) is 2. The second-order valence-corrected chi connectivity index (χ2v) is 3.58. The average molecular weight is 241 g/mol. The van der Waals surface area contributed by atoms with Gasteiger partial charge in [-0.05, 0) is 18.2 Å². The van der Waals surface area contributed by atoms with Crippen molar-refractivity contribution in [2.75, 3.05) is 0 Å². The van der Waals surface area contributed by atoms with Gasteiger partial charge in [0, 0.05) is 17.7 Å². The number of rotatable bonds is 3. The van der Waals surface area contributed by atoms with Crippen LogP contribution in [-0.4, -0.2) is 11.7 Å². The van der Waals surface area contributed by atoms with Crippen LogP contribution in [0.4, 0.5) is 0 Å². The minimum atomic E-state index is -0.297. The molecule has 1 amide bonds. The molecular formula is C13H13N4O+. The van der Waals surface area contributed by atoms with Crippen LogP contribution < -0.4 is 16.1 Å². The molecule has 0 bridgehead atoms. The molecule has 0 saturated carbocycles. The van der Waals surface area contributed by atoms with Crippen molar-refractivity contribution in [3.05, 3.63) is 66.0 Å². The van der Waals surface area contributed by atoms with E-state index in [1.165, 1.54) is 0 Å². The Morgan fingerprint density at radius 2 is 1.83 bits per heavy atom. The van der Waals surface area contributed by atoms with Crippen LogP contribution in [0, 0.1) is 0 Å². The summed E-state index contributed by atoms with van der Waals surface area (Å²) in [6.07, 6.45) is 1.73. The Kier molecular flexibility index (Phi) is 3.66. The number of nitrogens with two attached hydrogens (primary N) is 1. The normalized spacial score (nSPS) is 11.0. The quantitative estimate of drug-likeness (QED) is 0.467. The molecule has 0 atom stereocenters. The Labute approximate surface area is 104 Å². The van der Waals surface area contributed by atoms with Crippen LogP contribution in [0.15, 0.2) is 59.8 Å². The third-order valence-corrected chi connectivity index (χ3v) is 2.30. The van der Waals surface area contributed by atoms with E-state index in [2.05, 4.69) is 15.5 Å². The van der Waals surface area contributed by atoms with Crippen LogP contribution in [0.1, 0.15) is 16.1 Å². The number of hydrogen-bond acceptors (Lipinski definition) is 2. The molecule has 4 N–H and O–H groups in total. The molecule has 0 saturated heterocycles. The van der Waals surface area contributed by atoms with E-state index in [9.17, 15) is 4.79 Å². The molecule has 1 aromatic carbocycles. The highest BCUT2D eigenvalue weighted by Crippen LogP contribution is 1.97. The molecule has 0 spiro atoms. The van der Waals surface area contributed by atoms with Crippen molar-refractivity contribution in [1.29, 1.82) is 0 Å². The lowest BCUT2D eigenvalue weighted by atomic mass is 10.2. The van der Waals surface area contributed by atoms with Gasteiger partial charge in [-0.15, -0.1) is 5.10 Å². The summed E-state index contributed by atoms with van der Waals surface area (Å²) in [5.41, 5.74) is 9.30. The smallest absolute Gasteiger partial charge is 0.271 e. The molecule has 2 rings (SSSR count). The molecule has 0 unspecified atom stereocenters. The van der Waals surface area contributed by atoms with Crippen LogP contribution in [-0.2, 0) is 0 Å². The Morgan fingerprint density at radius 1 is 1.11 bits per heavy atom. The Bertz CT molecular complexity index is 552. The van der Waals surface area contributed by atoms with Crippen LogP contribution in [0.5, 0.6) is 0 Å². The third kappa shape index (κ3) is 2.91. The maximum atomic E-state index is 11.7. The van der Waals surface area contributed by atoms with Gasteiger partial charge >= 0.3 is 0 Å². The number of carbonyl (C=O) groups is 1. The number of pyridine rings is 1. The van der Waals surface area contributed by atoms with Crippen LogP contribution >= 0.6 is 0 Å². The third-order valence-electron chi connectivity index (χ3n) is 2.30.